The van der Waals surface area contributed by atoms with E-state index >= 15 is 0 Å². The second kappa shape index (κ2) is 14.5. The van der Waals surface area contributed by atoms with E-state index in [0.717, 1.165) is 37.1 Å². The van der Waals surface area contributed by atoms with Gasteiger partial charge in [-0.1, -0.05) is 30.3 Å². The maximum atomic E-state index is 13.5. The fourth-order valence-electron chi connectivity index (χ4n) is 4.60. The molecule has 2 amide bonds. The van der Waals surface area contributed by atoms with Gasteiger partial charge in [0.1, 0.15) is 24.7 Å². The lowest BCUT2D eigenvalue weighted by Gasteiger charge is -2.43. The summed E-state index contributed by atoms with van der Waals surface area (Å²) in [5.74, 6) is -0.318. The van der Waals surface area contributed by atoms with Gasteiger partial charge in [0.25, 0.3) is 0 Å². The number of carbonyl (C=O) groups excluding carboxylic acids is 1. The highest BCUT2D eigenvalue weighted by Crippen LogP contribution is 2.28. The van der Waals surface area contributed by atoms with E-state index in [2.05, 4.69) is 33.5 Å². The summed E-state index contributed by atoms with van der Waals surface area (Å²) in [6.07, 6.45) is 4.35. The summed E-state index contributed by atoms with van der Waals surface area (Å²) < 4.78 is 5.17. The predicted molar refractivity (Wildman–Crippen MR) is 143 cm³/mol. The maximum Gasteiger partial charge on any atom is 0.329 e. The number of nitrogens with zero attached hydrogens (tertiary/aromatic N) is 5. The molecule has 1 aliphatic carbocycles. The van der Waals surface area contributed by atoms with Crippen LogP contribution in [0.3, 0.4) is 0 Å². The zero-order valence-corrected chi connectivity index (χ0v) is 21.6. The molecule has 1 atom stereocenters. The fourth-order valence-corrected chi connectivity index (χ4v) is 4.60. The quantitative estimate of drug-likeness (QED) is 0.158. The molecule has 1 heterocycles. The minimum atomic E-state index is -1.04. The van der Waals surface area contributed by atoms with E-state index in [0.29, 0.717) is 18.7 Å². The molecule has 1 fully saturated rings. The zero-order valence-electron chi connectivity index (χ0n) is 21.6. The first-order chi connectivity index (χ1) is 18.4. The van der Waals surface area contributed by atoms with Crippen molar-refractivity contribution in [2.45, 2.75) is 57.4 Å². The smallest absolute Gasteiger partial charge is 0.329 e. The predicted octanol–water partition coefficient (Wildman–Crippen LogP) is 3.25. The van der Waals surface area contributed by atoms with Crippen molar-refractivity contribution in [3.63, 3.8) is 0 Å². The van der Waals surface area contributed by atoms with Gasteiger partial charge in [0.2, 0.25) is 0 Å². The van der Waals surface area contributed by atoms with Crippen molar-refractivity contribution in [1.82, 2.24) is 20.2 Å². The highest BCUT2D eigenvalue weighted by atomic mass is 16.5. The summed E-state index contributed by atoms with van der Waals surface area (Å²) in [6, 6.07) is 15.3. The lowest BCUT2D eigenvalue weighted by Crippen LogP contribution is -2.57. The number of aromatic nitrogens is 1. The number of anilines is 1. The number of nitrogens with one attached hydrogen (secondary N) is 2. The van der Waals surface area contributed by atoms with Gasteiger partial charge in [0, 0.05) is 31.5 Å². The molecule has 0 bridgehead atoms. The van der Waals surface area contributed by atoms with E-state index in [4.69, 9.17) is 15.1 Å². The van der Waals surface area contributed by atoms with Gasteiger partial charge in [-0.2, -0.15) is 10.4 Å². The second-order valence-corrected chi connectivity index (χ2v) is 9.13. The van der Waals surface area contributed by atoms with Gasteiger partial charge in [-0.15, -0.1) is 0 Å². The van der Waals surface area contributed by atoms with Gasteiger partial charge >= 0.3 is 12.0 Å². The van der Waals surface area contributed by atoms with Crippen molar-refractivity contribution in [3.8, 4) is 6.07 Å². The van der Waals surface area contributed by atoms with E-state index in [1.807, 2.05) is 42.2 Å². The average molecular weight is 522 g/mol. The first-order valence-electron chi connectivity index (χ1n) is 12.7. The van der Waals surface area contributed by atoms with E-state index < -0.39 is 18.7 Å². The minimum Gasteiger partial charge on any atom is -0.480 e. The van der Waals surface area contributed by atoms with Crippen LogP contribution in [0.4, 0.5) is 10.6 Å². The number of carboxylic acid groups (broad SMARTS) is 1. The topological polar surface area (TPSA) is 143 Å². The van der Waals surface area contributed by atoms with E-state index in [9.17, 15) is 9.59 Å². The molecule has 0 aliphatic heterocycles. The largest absolute Gasteiger partial charge is 0.480 e. The van der Waals surface area contributed by atoms with Crippen molar-refractivity contribution in [1.29, 1.82) is 5.26 Å². The van der Waals surface area contributed by atoms with Crippen LogP contribution >= 0.6 is 0 Å². The number of benzene rings is 1. The Balaban J connectivity index is 1.65. The summed E-state index contributed by atoms with van der Waals surface area (Å²) >= 11 is 0. The Hall–Kier alpha value is -4.17. The Labute approximate surface area is 223 Å². The number of aliphatic carboxylic acids is 1. The first kappa shape index (κ1) is 28.4. The lowest BCUT2D eigenvalue weighted by atomic mass is 9.90. The van der Waals surface area contributed by atoms with Gasteiger partial charge in [0.15, 0.2) is 0 Å². The number of carboxylic acids is 1. The molecule has 3 rings (SSSR count). The maximum absolute atomic E-state index is 13.5. The molecule has 202 valence electrons. The molecular formula is C27H35N7O4. The molecule has 0 radical (unpaired) electrons. The van der Waals surface area contributed by atoms with Crippen LogP contribution in [-0.4, -0.2) is 76.7 Å². The number of nitriles is 1. The Bertz CT molecular complexity index is 1080. The minimum absolute atomic E-state index is 0.0306. The third kappa shape index (κ3) is 8.45. The van der Waals surface area contributed by atoms with E-state index in [-0.39, 0.29) is 24.7 Å². The molecule has 0 saturated heterocycles. The average Bonchev–Trinajstić information content (AvgIpc) is 2.94. The normalized spacial score (nSPS) is 17.5. The molecule has 3 N–H and O–H groups in total. The molecular weight excluding hydrogens is 486 g/mol. The van der Waals surface area contributed by atoms with E-state index in [1.54, 1.807) is 23.3 Å². The highest BCUT2D eigenvalue weighted by molar-refractivity contribution is 5.75. The standard InChI is InChI=1S/C27H35N7O4/c1-20(33(29-2)14-15-38-19-26(35)36)34(27(37)31-17-21-6-4-3-5-7-21)24-11-9-23(10-12-24)32-25-13-8-22(16-28)18-30-25/h3-8,13,18,20,23-24H,2,9-12,14-15,17,19H2,1H3,(H,30,32)(H,31,37)(H,35,36). The van der Waals surface area contributed by atoms with Crippen LogP contribution in [0.15, 0.2) is 53.8 Å². The van der Waals surface area contributed by atoms with Crippen molar-refractivity contribution in [3.05, 3.63) is 59.8 Å². The van der Waals surface area contributed by atoms with Crippen LogP contribution < -0.4 is 10.6 Å². The number of amides is 2. The van der Waals surface area contributed by atoms with Crippen LogP contribution in [0.5, 0.6) is 0 Å². The zero-order chi connectivity index (χ0) is 27.3. The van der Waals surface area contributed by atoms with Crippen molar-refractivity contribution in [2.75, 3.05) is 25.1 Å². The highest BCUT2D eigenvalue weighted by Gasteiger charge is 2.34. The molecule has 1 unspecified atom stereocenters. The van der Waals surface area contributed by atoms with Crippen molar-refractivity contribution >= 4 is 24.5 Å². The van der Waals surface area contributed by atoms with Gasteiger partial charge in [-0.3, -0.25) is 5.01 Å². The monoisotopic (exact) mass is 521 g/mol. The Morgan fingerprint density at radius 3 is 2.58 bits per heavy atom. The van der Waals surface area contributed by atoms with E-state index in [1.165, 1.54) is 0 Å². The number of rotatable bonds is 13. The third-order valence-electron chi connectivity index (χ3n) is 6.56. The molecule has 1 aromatic heterocycles. The number of hydrogen-bond donors (Lipinski definition) is 3. The molecule has 11 nitrogen and oxygen atoms in total. The Morgan fingerprint density at radius 1 is 1.24 bits per heavy atom. The summed E-state index contributed by atoms with van der Waals surface area (Å²) in [5.41, 5.74) is 1.51. The second-order valence-electron chi connectivity index (χ2n) is 9.13. The molecule has 38 heavy (non-hydrogen) atoms. The molecule has 0 spiro atoms. The molecule has 11 heteroatoms. The number of carbonyl (C=O) groups is 2. The lowest BCUT2D eigenvalue weighted by molar-refractivity contribution is -0.142. The van der Waals surface area contributed by atoms with Crippen molar-refractivity contribution < 1.29 is 19.4 Å². The summed E-state index contributed by atoms with van der Waals surface area (Å²) in [5, 5.41) is 30.0. The summed E-state index contributed by atoms with van der Waals surface area (Å²) in [6.45, 7) is 5.98. The number of pyridine rings is 1. The van der Waals surface area contributed by atoms with Gasteiger partial charge in [-0.05, 0) is 50.3 Å². The third-order valence-corrected chi connectivity index (χ3v) is 6.56. The number of ether oxygens (including phenoxy) is 1. The van der Waals surface area contributed by atoms with Gasteiger partial charge < -0.3 is 25.4 Å². The number of urea groups is 1. The van der Waals surface area contributed by atoms with Crippen LogP contribution in [0.1, 0.15) is 43.7 Å². The first-order valence-corrected chi connectivity index (χ1v) is 12.7. The molecule has 2 aromatic rings. The van der Waals surface area contributed by atoms with Crippen LogP contribution in [0, 0.1) is 11.3 Å². The number of hydrazone groups is 1. The van der Waals surface area contributed by atoms with Crippen LogP contribution in [-0.2, 0) is 16.1 Å². The summed E-state index contributed by atoms with van der Waals surface area (Å²) in [4.78, 5) is 30.4. The van der Waals surface area contributed by atoms with Crippen LogP contribution in [0.25, 0.3) is 0 Å². The molecule has 1 saturated carbocycles. The van der Waals surface area contributed by atoms with Crippen LogP contribution in [0.2, 0.25) is 0 Å². The SMILES string of the molecule is C=NN(CCOCC(=O)O)C(C)N(C(=O)NCc1ccccc1)C1CCC(Nc2ccc(C#N)cn2)CC1. The molecule has 1 aromatic carbocycles. The van der Waals surface area contributed by atoms with Crippen molar-refractivity contribution in [2.24, 2.45) is 5.10 Å². The Morgan fingerprint density at radius 2 is 1.97 bits per heavy atom. The molecule has 1 aliphatic rings. The number of hydrogen-bond acceptors (Lipinski definition) is 8. The van der Waals surface area contributed by atoms with Gasteiger partial charge in [-0.25, -0.2) is 14.6 Å². The fraction of sp³-hybridized carbons (Fsp3) is 0.444. The van der Waals surface area contributed by atoms with Gasteiger partial charge in [0.05, 0.1) is 18.7 Å². The Kier molecular flexibility index (Phi) is 10.9. The summed E-state index contributed by atoms with van der Waals surface area (Å²) in [7, 11) is 0.